The fraction of sp³-hybridized carbons (Fsp3) is 0.667. The van der Waals surface area contributed by atoms with Gasteiger partial charge >= 0.3 is 0 Å². The van der Waals surface area contributed by atoms with Gasteiger partial charge in [-0.05, 0) is 41.2 Å². The number of hydrogen-bond acceptors (Lipinski definition) is 4. The van der Waals surface area contributed by atoms with Gasteiger partial charge in [-0.1, -0.05) is 6.92 Å². The molecule has 0 spiro atoms. The van der Waals surface area contributed by atoms with Crippen molar-refractivity contribution in [2.75, 3.05) is 20.6 Å². The summed E-state index contributed by atoms with van der Waals surface area (Å²) in [6.45, 7) is 3.21. The minimum atomic E-state index is -3.48. The molecule has 2 rings (SSSR count). The molecule has 0 saturated heterocycles. The highest BCUT2D eigenvalue weighted by atomic mass is 79.9. The van der Waals surface area contributed by atoms with Gasteiger partial charge < -0.3 is 9.73 Å². The quantitative estimate of drug-likeness (QED) is 0.852. The smallest absolute Gasteiger partial charge is 0.247 e. The topological polar surface area (TPSA) is 62.6 Å². The summed E-state index contributed by atoms with van der Waals surface area (Å²) in [6, 6.07) is 1.57. The Morgan fingerprint density at radius 1 is 1.58 bits per heavy atom. The monoisotopic (exact) mass is 350 g/mol. The van der Waals surface area contributed by atoms with E-state index in [9.17, 15) is 8.42 Å². The minimum absolute atomic E-state index is 0.202. The van der Waals surface area contributed by atoms with Crippen molar-refractivity contribution in [3.05, 3.63) is 16.5 Å². The van der Waals surface area contributed by atoms with E-state index in [4.69, 9.17) is 4.42 Å². The summed E-state index contributed by atoms with van der Waals surface area (Å²) in [5, 5.41) is 2.93. The van der Waals surface area contributed by atoms with Gasteiger partial charge in [0.1, 0.15) is 10.7 Å². The molecule has 7 heteroatoms. The molecule has 1 saturated carbocycles. The third-order valence-electron chi connectivity index (χ3n) is 3.51. The van der Waals surface area contributed by atoms with Gasteiger partial charge in [-0.15, -0.1) is 0 Å². The van der Waals surface area contributed by atoms with Crippen molar-refractivity contribution in [2.24, 2.45) is 11.8 Å². The number of hydrogen-bond donors (Lipinski definition) is 1. The number of sulfonamides is 1. The van der Waals surface area contributed by atoms with Crippen LogP contribution in [0.5, 0.6) is 0 Å². The predicted molar refractivity (Wildman–Crippen MR) is 76.3 cm³/mol. The summed E-state index contributed by atoms with van der Waals surface area (Å²) in [6.07, 6.45) is 1.11. The van der Waals surface area contributed by atoms with Crippen LogP contribution in [0.2, 0.25) is 0 Å². The molecule has 2 unspecified atom stereocenters. The molecule has 1 aromatic rings. The van der Waals surface area contributed by atoms with Gasteiger partial charge in [-0.2, -0.15) is 0 Å². The van der Waals surface area contributed by atoms with Crippen LogP contribution in [0.4, 0.5) is 0 Å². The maximum atomic E-state index is 12.5. The predicted octanol–water partition coefficient (Wildman–Crippen LogP) is 2.04. The van der Waals surface area contributed by atoms with Crippen LogP contribution in [0.3, 0.4) is 0 Å². The third-order valence-corrected chi connectivity index (χ3v) is 6.19. The van der Waals surface area contributed by atoms with E-state index in [1.165, 1.54) is 4.31 Å². The highest BCUT2D eigenvalue weighted by molar-refractivity contribution is 9.10. The van der Waals surface area contributed by atoms with Crippen LogP contribution < -0.4 is 5.32 Å². The fourth-order valence-electron chi connectivity index (χ4n) is 2.08. The maximum absolute atomic E-state index is 12.5. The number of nitrogens with zero attached hydrogens (tertiary/aromatic N) is 1. The van der Waals surface area contributed by atoms with Gasteiger partial charge in [0.25, 0.3) is 0 Å². The molecular weight excluding hydrogens is 332 g/mol. The Bertz CT molecular complexity index is 555. The summed E-state index contributed by atoms with van der Waals surface area (Å²) in [4.78, 5) is 0.202. The summed E-state index contributed by atoms with van der Waals surface area (Å²) in [7, 11) is -0.0752. The average molecular weight is 351 g/mol. The Morgan fingerprint density at radius 2 is 2.21 bits per heavy atom. The second-order valence-corrected chi connectivity index (χ2v) is 7.87. The minimum Gasteiger partial charge on any atom is -0.452 e. The molecule has 1 heterocycles. The van der Waals surface area contributed by atoms with Crippen LogP contribution in [-0.4, -0.2) is 33.4 Å². The molecule has 1 fully saturated rings. The van der Waals surface area contributed by atoms with Gasteiger partial charge in [0.15, 0.2) is 4.67 Å². The normalized spacial score (nSPS) is 23.0. The van der Waals surface area contributed by atoms with E-state index in [2.05, 4.69) is 28.2 Å². The number of nitrogens with one attached hydrogen (secondary N) is 1. The number of furan rings is 1. The molecule has 108 valence electrons. The van der Waals surface area contributed by atoms with Gasteiger partial charge in [0.2, 0.25) is 10.0 Å². The molecule has 1 aliphatic carbocycles. The highest BCUT2D eigenvalue weighted by Crippen LogP contribution is 2.39. The van der Waals surface area contributed by atoms with E-state index < -0.39 is 10.0 Å². The first kappa shape index (κ1) is 15.0. The largest absolute Gasteiger partial charge is 0.452 e. The molecule has 19 heavy (non-hydrogen) atoms. The average Bonchev–Trinajstić information content (AvgIpc) is 2.86. The van der Waals surface area contributed by atoms with Crippen molar-refractivity contribution in [1.82, 2.24) is 9.62 Å². The lowest BCUT2D eigenvalue weighted by Crippen LogP contribution is -2.29. The van der Waals surface area contributed by atoms with E-state index in [1.807, 2.05) is 0 Å². The van der Waals surface area contributed by atoms with Crippen molar-refractivity contribution in [3.8, 4) is 0 Å². The Kier molecular flexibility index (Phi) is 4.39. The number of halogens is 1. The standard InChI is InChI=1S/C12H19BrN2O3S/c1-8-4-9(8)7-15(3)19(16,17)11-5-10(6-14-2)18-12(11)13/h5,8-9,14H,4,6-7H2,1-3H3. The second kappa shape index (κ2) is 5.55. The van der Waals surface area contributed by atoms with E-state index in [1.54, 1.807) is 20.2 Å². The molecule has 5 nitrogen and oxygen atoms in total. The van der Waals surface area contributed by atoms with Crippen LogP contribution in [-0.2, 0) is 16.6 Å². The fourth-order valence-corrected chi connectivity index (χ4v) is 4.27. The lowest BCUT2D eigenvalue weighted by molar-refractivity contribution is 0.439. The first-order chi connectivity index (χ1) is 8.86. The molecule has 0 bridgehead atoms. The zero-order chi connectivity index (χ0) is 14.2. The Morgan fingerprint density at radius 3 is 2.74 bits per heavy atom. The van der Waals surface area contributed by atoms with Crippen LogP contribution in [0.15, 0.2) is 20.0 Å². The molecule has 1 aliphatic rings. The Labute approximate surface area is 122 Å². The highest BCUT2D eigenvalue weighted by Gasteiger charge is 2.37. The zero-order valence-corrected chi connectivity index (χ0v) is 13.7. The van der Waals surface area contributed by atoms with E-state index in [-0.39, 0.29) is 9.56 Å². The molecule has 0 amide bonds. The lowest BCUT2D eigenvalue weighted by atomic mass is 10.3. The van der Waals surface area contributed by atoms with Gasteiger partial charge in [0, 0.05) is 19.7 Å². The second-order valence-electron chi connectivity index (χ2n) is 5.14. The molecule has 0 aromatic carbocycles. The van der Waals surface area contributed by atoms with E-state index >= 15 is 0 Å². The molecule has 0 radical (unpaired) electrons. The van der Waals surface area contributed by atoms with Crippen LogP contribution in [0.25, 0.3) is 0 Å². The zero-order valence-electron chi connectivity index (χ0n) is 11.3. The number of rotatable bonds is 6. The molecule has 0 aliphatic heterocycles. The summed E-state index contributed by atoms with van der Waals surface area (Å²) in [5.74, 6) is 1.72. The molecular formula is C12H19BrN2O3S. The van der Waals surface area contributed by atoms with Crippen molar-refractivity contribution in [2.45, 2.75) is 24.8 Å². The summed E-state index contributed by atoms with van der Waals surface area (Å²) in [5.41, 5.74) is 0. The van der Waals surface area contributed by atoms with Gasteiger partial charge in [-0.3, -0.25) is 0 Å². The Hall–Kier alpha value is -0.370. The lowest BCUT2D eigenvalue weighted by Gasteiger charge is -2.15. The van der Waals surface area contributed by atoms with Crippen molar-refractivity contribution in [3.63, 3.8) is 0 Å². The SMILES string of the molecule is CNCc1cc(S(=O)(=O)N(C)CC2CC2C)c(Br)o1. The van der Waals surface area contributed by atoms with Gasteiger partial charge in [-0.25, -0.2) is 12.7 Å². The van der Waals surface area contributed by atoms with Crippen molar-refractivity contribution in [1.29, 1.82) is 0 Å². The maximum Gasteiger partial charge on any atom is 0.247 e. The Balaban J connectivity index is 2.18. The van der Waals surface area contributed by atoms with Crippen molar-refractivity contribution >= 4 is 26.0 Å². The van der Waals surface area contributed by atoms with Gasteiger partial charge in [0.05, 0.1) is 6.54 Å². The molecule has 1 N–H and O–H groups in total. The van der Waals surface area contributed by atoms with Crippen LogP contribution >= 0.6 is 15.9 Å². The third kappa shape index (κ3) is 3.21. The molecule has 1 aromatic heterocycles. The van der Waals surface area contributed by atoms with Crippen LogP contribution in [0, 0.1) is 11.8 Å². The van der Waals surface area contributed by atoms with Crippen LogP contribution in [0.1, 0.15) is 19.1 Å². The molecule has 2 atom stereocenters. The van der Waals surface area contributed by atoms with Crippen molar-refractivity contribution < 1.29 is 12.8 Å². The summed E-state index contributed by atoms with van der Waals surface area (Å²) < 4.78 is 32.0. The van der Waals surface area contributed by atoms with E-state index in [0.29, 0.717) is 30.7 Å². The summed E-state index contributed by atoms with van der Waals surface area (Å²) >= 11 is 3.18. The first-order valence-electron chi connectivity index (χ1n) is 6.25. The first-order valence-corrected chi connectivity index (χ1v) is 8.48. The van der Waals surface area contributed by atoms with E-state index in [0.717, 1.165) is 6.42 Å².